The molecule has 18 heavy (non-hydrogen) atoms. The summed E-state index contributed by atoms with van der Waals surface area (Å²) in [6.45, 7) is -0.375. The van der Waals surface area contributed by atoms with Crippen LogP contribution < -0.4 is 11.3 Å². The third-order valence-electron chi connectivity index (χ3n) is 2.75. The highest BCUT2D eigenvalue weighted by atomic mass is 18.2. The quantitative estimate of drug-likeness (QED) is 0.676. The Morgan fingerprint density at radius 1 is 1.61 bits per heavy atom. The van der Waals surface area contributed by atoms with Crippen molar-refractivity contribution >= 4 is 17.1 Å². The molecule has 0 radical (unpaired) electrons. The summed E-state index contributed by atoms with van der Waals surface area (Å²) in [6.07, 6.45) is 1.89. The Balaban J connectivity index is 2.27. The number of aliphatic hydroxyl groups is 1. The van der Waals surface area contributed by atoms with Crippen molar-refractivity contribution in [3.63, 3.8) is 0 Å². The summed E-state index contributed by atoms with van der Waals surface area (Å²) in [6, 6.07) is 0. The van der Waals surface area contributed by atoms with Gasteiger partial charge in [0.25, 0.3) is 5.56 Å². The number of nitrogens with two attached hydrogens (primary N) is 1. The zero-order valence-corrected chi connectivity index (χ0v) is 9.64. The molecule has 2 rings (SSSR count). The maximum atomic E-state index is 12.5. The number of hydrogen-bond donors (Lipinski definition) is 3. The molecular formula is C10H14FN5O2. The van der Waals surface area contributed by atoms with Gasteiger partial charge < -0.3 is 15.4 Å². The number of aromatic amines is 1. The van der Waals surface area contributed by atoms with Crippen molar-refractivity contribution in [1.29, 1.82) is 0 Å². The number of fused-ring (bicyclic) bond motifs is 1. The molecule has 2 aromatic rings. The number of alkyl halides is 1. The van der Waals surface area contributed by atoms with E-state index in [9.17, 15) is 9.18 Å². The minimum Gasteiger partial charge on any atom is -0.396 e. The van der Waals surface area contributed by atoms with Gasteiger partial charge in [-0.05, 0) is 6.42 Å². The van der Waals surface area contributed by atoms with Crippen molar-refractivity contribution in [2.45, 2.75) is 13.0 Å². The average Bonchev–Trinajstić information content (AvgIpc) is 2.74. The van der Waals surface area contributed by atoms with Gasteiger partial charge in [-0.3, -0.25) is 14.2 Å². The fraction of sp³-hybridized carbons (Fsp3) is 0.500. The smallest absolute Gasteiger partial charge is 0.280 e. The lowest BCUT2D eigenvalue weighted by atomic mass is 10.1. The van der Waals surface area contributed by atoms with Crippen molar-refractivity contribution in [2.24, 2.45) is 5.92 Å². The maximum Gasteiger partial charge on any atom is 0.280 e. The van der Waals surface area contributed by atoms with Crippen molar-refractivity contribution < 1.29 is 9.50 Å². The summed E-state index contributed by atoms with van der Waals surface area (Å²) in [5.74, 6) is -0.403. The van der Waals surface area contributed by atoms with Gasteiger partial charge in [-0.15, -0.1) is 0 Å². The van der Waals surface area contributed by atoms with E-state index in [0.717, 1.165) is 0 Å². The molecule has 98 valence electrons. The molecule has 2 aromatic heterocycles. The summed E-state index contributed by atoms with van der Waals surface area (Å²) in [4.78, 5) is 21.8. The Morgan fingerprint density at radius 3 is 3.06 bits per heavy atom. The molecule has 0 aliphatic heterocycles. The van der Waals surface area contributed by atoms with Gasteiger partial charge in [0.15, 0.2) is 11.2 Å². The Bertz CT molecular complexity index is 589. The standard InChI is InChI=1S/C10H14FN5O2/c11-3-6(4-17)1-2-16-5-13-7-8(16)14-10(12)15-9(7)18/h5-6,17H,1-4H2,(H3,12,14,15,18)/i11-1. The van der Waals surface area contributed by atoms with Crippen LogP contribution in [-0.4, -0.2) is 37.9 Å². The summed E-state index contributed by atoms with van der Waals surface area (Å²) >= 11 is 0. The van der Waals surface area contributed by atoms with E-state index in [1.54, 1.807) is 4.57 Å². The Morgan fingerprint density at radius 2 is 2.39 bits per heavy atom. The Kier molecular flexibility index (Phi) is 3.56. The van der Waals surface area contributed by atoms with Crippen LogP contribution in [0.2, 0.25) is 0 Å². The third kappa shape index (κ3) is 2.33. The number of hydrogen-bond acceptors (Lipinski definition) is 5. The van der Waals surface area contributed by atoms with Crippen LogP contribution in [0.3, 0.4) is 0 Å². The first-order chi connectivity index (χ1) is 8.65. The number of aliphatic hydroxyl groups excluding tert-OH is 1. The van der Waals surface area contributed by atoms with Crippen LogP contribution in [0.1, 0.15) is 6.42 Å². The summed E-state index contributed by atoms with van der Waals surface area (Å²) in [7, 11) is 0. The van der Waals surface area contributed by atoms with E-state index in [0.29, 0.717) is 18.6 Å². The monoisotopic (exact) mass is 254 g/mol. The van der Waals surface area contributed by atoms with Crippen molar-refractivity contribution in [3.8, 4) is 0 Å². The molecule has 0 amide bonds. The van der Waals surface area contributed by atoms with Crippen molar-refractivity contribution in [1.82, 2.24) is 19.5 Å². The molecule has 0 spiro atoms. The fourth-order valence-electron chi connectivity index (χ4n) is 1.67. The van der Waals surface area contributed by atoms with Crippen LogP contribution in [0, 0.1) is 5.92 Å². The molecule has 0 aromatic carbocycles. The van der Waals surface area contributed by atoms with E-state index >= 15 is 0 Å². The fourth-order valence-corrected chi connectivity index (χ4v) is 1.67. The first-order valence-electron chi connectivity index (χ1n) is 5.53. The SMILES string of the molecule is Nc1nc2c(ncn2CCC(CO)C[18F])c(=O)[nH]1. The lowest BCUT2D eigenvalue weighted by Gasteiger charge is -2.10. The molecule has 0 aliphatic carbocycles. The zero-order valence-electron chi connectivity index (χ0n) is 9.64. The lowest BCUT2D eigenvalue weighted by molar-refractivity contribution is 0.185. The number of aromatic nitrogens is 4. The summed E-state index contributed by atoms with van der Waals surface area (Å²) in [5.41, 5.74) is 5.62. The number of rotatable bonds is 5. The lowest BCUT2D eigenvalue weighted by Crippen LogP contribution is -2.14. The number of imidazole rings is 1. The van der Waals surface area contributed by atoms with Gasteiger partial charge >= 0.3 is 0 Å². The number of nitrogen functional groups attached to an aromatic ring is 1. The molecule has 0 saturated heterocycles. The highest BCUT2D eigenvalue weighted by Gasteiger charge is 2.11. The van der Waals surface area contributed by atoms with Gasteiger partial charge in [0.2, 0.25) is 5.95 Å². The minimum absolute atomic E-state index is 0.0125. The first-order valence-corrected chi connectivity index (χ1v) is 5.53. The van der Waals surface area contributed by atoms with Gasteiger partial charge in [0, 0.05) is 19.1 Å². The maximum absolute atomic E-state index is 12.5. The predicted octanol–water partition coefficient (Wildman–Crippen LogP) is -0.330. The number of H-pyrrole nitrogens is 1. The molecule has 8 heteroatoms. The molecule has 0 fully saturated rings. The van der Waals surface area contributed by atoms with Crippen LogP contribution >= 0.6 is 0 Å². The molecule has 0 saturated carbocycles. The number of aryl methyl sites for hydroxylation is 1. The van der Waals surface area contributed by atoms with E-state index in [4.69, 9.17) is 10.8 Å². The molecule has 0 aliphatic rings. The molecule has 1 atom stereocenters. The molecule has 1 unspecified atom stereocenters. The second kappa shape index (κ2) is 5.13. The van der Waals surface area contributed by atoms with E-state index in [-0.39, 0.29) is 18.1 Å². The largest absolute Gasteiger partial charge is 0.396 e. The number of nitrogens with one attached hydrogen (secondary N) is 1. The summed E-state index contributed by atoms with van der Waals surface area (Å²) in [5, 5.41) is 8.90. The topological polar surface area (TPSA) is 110 Å². The molecule has 7 nitrogen and oxygen atoms in total. The van der Waals surface area contributed by atoms with Crippen LogP contribution in [0.15, 0.2) is 11.1 Å². The number of anilines is 1. The molecular weight excluding hydrogens is 240 g/mol. The van der Waals surface area contributed by atoms with Gasteiger partial charge in [0.1, 0.15) is 0 Å². The highest BCUT2D eigenvalue weighted by Crippen LogP contribution is 2.10. The van der Waals surface area contributed by atoms with Gasteiger partial charge in [-0.25, -0.2) is 4.98 Å². The van der Waals surface area contributed by atoms with Crippen LogP contribution in [0.4, 0.5) is 10.3 Å². The molecule has 4 N–H and O–H groups in total. The third-order valence-corrected chi connectivity index (χ3v) is 2.75. The number of nitrogens with zero attached hydrogens (tertiary/aromatic N) is 3. The Hall–Kier alpha value is -1.96. The van der Waals surface area contributed by atoms with Crippen LogP contribution in [0.5, 0.6) is 0 Å². The zero-order chi connectivity index (χ0) is 13.1. The van der Waals surface area contributed by atoms with Gasteiger partial charge in [0.05, 0.1) is 13.0 Å². The first kappa shape index (κ1) is 12.5. The second-order valence-corrected chi connectivity index (χ2v) is 4.05. The number of halogens is 1. The van der Waals surface area contributed by atoms with Gasteiger partial charge in [-0.1, -0.05) is 0 Å². The minimum atomic E-state index is -0.584. The van der Waals surface area contributed by atoms with E-state index in [1.807, 2.05) is 0 Å². The Labute approximate surface area is 101 Å². The molecule has 0 bridgehead atoms. The second-order valence-electron chi connectivity index (χ2n) is 4.05. The highest BCUT2D eigenvalue weighted by molar-refractivity contribution is 5.70. The van der Waals surface area contributed by atoms with Crippen LogP contribution in [0.25, 0.3) is 11.2 Å². The van der Waals surface area contributed by atoms with Crippen molar-refractivity contribution in [2.75, 3.05) is 19.0 Å². The van der Waals surface area contributed by atoms with Crippen LogP contribution in [-0.2, 0) is 6.54 Å². The van der Waals surface area contributed by atoms with E-state index < -0.39 is 18.2 Å². The van der Waals surface area contributed by atoms with Crippen molar-refractivity contribution in [3.05, 3.63) is 16.7 Å². The molecule has 2 heterocycles. The summed E-state index contributed by atoms with van der Waals surface area (Å²) < 4.78 is 14.1. The average molecular weight is 254 g/mol. The van der Waals surface area contributed by atoms with E-state index in [1.165, 1.54) is 6.33 Å². The van der Waals surface area contributed by atoms with E-state index in [2.05, 4.69) is 15.0 Å². The predicted molar refractivity (Wildman–Crippen MR) is 63.7 cm³/mol. The van der Waals surface area contributed by atoms with Gasteiger partial charge in [-0.2, -0.15) is 4.98 Å². The normalized spacial score (nSPS) is 13.0.